The molecule has 0 unspecified atom stereocenters. The molecule has 158 valence electrons. The monoisotopic (exact) mass is 406 g/mol. The van der Waals surface area contributed by atoms with E-state index in [4.69, 9.17) is 4.74 Å². The predicted molar refractivity (Wildman–Crippen MR) is 123 cm³/mol. The number of nitrogens with one attached hydrogen (secondary N) is 2. The number of hydrogen-bond acceptors (Lipinski definition) is 3. The first-order valence-electron chi connectivity index (χ1n) is 10.4. The number of carbonyl (C=O) groups is 1. The Bertz CT molecular complexity index is 1050. The van der Waals surface area contributed by atoms with Crippen LogP contribution in [0, 0.1) is 11.3 Å². The fraction of sp³-hybridized carbons (Fsp3) is 0.333. The minimum atomic E-state index is -0.251. The summed E-state index contributed by atoms with van der Waals surface area (Å²) < 4.78 is 7.53. The molecule has 2 N–H and O–H groups in total. The molecule has 1 heterocycles. The normalized spacial score (nSPS) is 10.0. The van der Waals surface area contributed by atoms with Crippen molar-refractivity contribution in [2.45, 2.75) is 40.7 Å². The highest BCUT2D eigenvalue weighted by Gasteiger charge is 2.19. The number of fused-ring (bicyclic) bond motifs is 1. The van der Waals surface area contributed by atoms with Crippen molar-refractivity contribution >= 4 is 22.6 Å². The zero-order valence-corrected chi connectivity index (χ0v) is 18.4. The molecular formula is C24H30N4O2. The lowest BCUT2D eigenvalue weighted by Gasteiger charge is -2.12. The predicted octanol–water partition coefficient (Wildman–Crippen LogP) is 5.77. The Kier molecular flexibility index (Phi) is 8.30. The van der Waals surface area contributed by atoms with Crippen LogP contribution in [0.25, 0.3) is 22.2 Å². The molecule has 6 nitrogen and oxygen atoms in total. The number of nitriles is 1. The molecule has 6 heteroatoms. The molecule has 3 aromatic rings. The van der Waals surface area contributed by atoms with Crippen LogP contribution in [-0.4, -0.2) is 24.3 Å². The van der Waals surface area contributed by atoms with Gasteiger partial charge in [0.15, 0.2) is 0 Å². The van der Waals surface area contributed by atoms with E-state index >= 15 is 0 Å². The lowest BCUT2D eigenvalue weighted by atomic mass is 10.1. The fourth-order valence-corrected chi connectivity index (χ4v) is 3.41. The zero-order chi connectivity index (χ0) is 22.1. The van der Waals surface area contributed by atoms with Gasteiger partial charge in [0.05, 0.1) is 23.9 Å². The molecule has 0 radical (unpaired) electrons. The van der Waals surface area contributed by atoms with Gasteiger partial charge in [-0.25, -0.2) is 4.79 Å². The first kappa shape index (κ1) is 22.8. The highest BCUT2D eigenvalue weighted by Crippen LogP contribution is 2.36. The largest absolute Gasteiger partial charge is 0.497 e. The molecule has 0 saturated heterocycles. The highest BCUT2D eigenvalue weighted by atomic mass is 16.5. The number of nitrogens with zero attached hydrogens (tertiary/aromatic N) is 2. The Morgan fingerprint density at radius 1 is 1.17 bits per heavy atom. The maximum atomic E-state index is 11.9. The van der Waals surface area contributed by atoms with Gasteiger partial charge in [0.25, 0.3) is 0 Å². The number of carbonyl (C=O) groups excluding carboxylic acids is 1. The van der Waals surface area contributed by atoms with Gasteiger partial charge in [-0.15, -0.1) is 0 Å². The van der Waals surface area contributed by atoms with E-state index in [9.17, 15) is 10.1 Å². The van der Waals surface area contributed by atoms with E-state index in [0.717, 1.165) is 40.9 Å². The third kappa shape index (κ3) is 4.74. The van der Waals surface area contributed by atoms with Crippen LogP contribution in [0.1, 0.15) is 39.7 Å². The van der Waals surface area contributed by atoms with Crippen molar-refractivity contribution in [1.82, 2.24) is 9.88 Å². The summed E-state index contributed by atoms with van der Waals surface area (Å²) in [6.45, 7) is 9.30. The molecule has 0 saturated carbocycles. The van der Waals surface area contributed by atoms with E-state index in [2.05, 4.69) is 28.2 Å². The second-order valence-electron chi connectivity index (χ2n) is 6.44. The summed E-state index contributed by atoms with van der Waals surface area (Å²) in [5.41, 5.74) is 4.01. The summed E-state index contributed by atoms with van der Waals surface area (Å²) >= 11 is 0. The van der Waals surface area contributed by atoms with Crippen LogP contribution in [-0.2, 0) is 6.54 Å². The third-order valence-electron chi connectivity index (χ3n) is 4.56. The molecule has 0 bridgehead atoms. The van der Waals surface area contributed by atoms with Crippen molar-refractivity contribution in [2.24, 2.45) is 0 Å². The molecule has 0 atom stereocenters. The number of benzene rings is 2. The van der Waals surface area contributed by atoms with Gasteiger partial charge in [-0.05, 0) is 37.6 Å². The standard InChI is InChI=1S/C22H24N4O2.C2H6/c1-4-11-26-20-13-17(28-3)9-10-18(20)19(14-23)21(26)15-7-6-8-16(12-15)25-22(27)24-5-2;1-2/h6-10,12-13H,4-5,11H2,1-3H3,(H2,24,25,27);1-2H3. The summed E-state index contributed by atoms with van der Waals surface area (Å²) in [5, 5.41) is 16.3. The minimum absolute atomic E-state index is 0.251. The topological polar surface area (TPSA) is 79.1 Å². The van der Waals surface area contributed by atoms with E-state index in [-0.39, 0.29) is 6.03 Å². The Balaban J connectivity index is 0.00000155. The van der Waals surface area contributed by atoms with Gasteiger partial charge in [-0.1, -0.05) is 32.9 Å². The Morgan fingerprint density at radius 2 is 1.93 bits per heavy atom. The number of urea groups is 1. The molecule has 0 spiro atoms. The molecule has 0 aliphatic heterocycles. The summed E-state index contributed by atoms with van der Waals surface area (Å²) in [5.74, 6) is 0.755. The summed E-state index contributed by atoms with van der Waals surface area (Å²) in [7, 11) is 1.64. The average Bonchev–Trinajstić information content (AvgIpc) is 3.08. The first-order valence-corrected chi connectivity index (χ1v) is 10.4. The highest BCUT2D eigenvalue weighted by molar-refractivity contribution is 5.96. The molecule has 2 amide bonds. The second kappa shape index (κ2) is 10.9. The van der Waals surface area contributed by atoms with E-state index in [1.54, 1.807) is 7.11 Å². The van der Waals surface area contributed by atoms with Crippen molar-refractivity contribution in [3.63, 3.8) is 0 Å². The molecule has 0 aliphatic rings. The molecule has 2 aromatic carbocycles. The van der Waals surface area contributed by atoms with Crippen LogP contribution in [0.5, 0.6) is 5.75 Å². The SMILES string of the molecule is CC.CCCn1c(-c2cccc(NC(=O)NCC)c2)c(C#N)c2ccc(OC)cc21. The Hall–Kier alpha value is -3.46. The van der Waals surface area contributed by atoms with Gasteiger partial charge in [0.1, 0.15) is 11.8 Å². The molecule has 30 heavy (non-hydrogen) atoms. The van der Waals surface area contributed by atoms with E-state index in [0.29, 0.717) is 17.8 Å². The second-order valence-corrected chi connectivity index (χ2v) is 6.44. The lowest BCUT2D eigenvalue weighted by Crippen LogP contribution is -2.28. The molecular weight excluding hydrogens is 376 g/mol. The molecule has 0 fully saturated rings. The van der Waals surface area contributed by atoms with E-state index < -0.39 is 0 Å². The van der Waals surface area contributed by atoms with Gasteiger partial charge < -0.3 is 19.9 Å². The number of ether oxygens (including phenoxy) is 1. The van der Waals surface area contributed by atoms with Crippen molar-refractivity contribution in [2.75, 3.05) is 19.0 Å². The number of methoxy groups -OCH3 is 1. The Labute approximate surface area is 178 Å². The van der Waals surface area contributed by atoms with Crippen molar-refractivity contribution in [3.8, 4) is 23.1 Å². The number of anilines is 1. The number of aromatic nitrogens is 1. The number of hydrogen-bond donors (Lipinski definition) is 2. The number of amides is 2. The molecule has 1 aromatic heterocycles. The lowest BCUT2D eigenvalue weighted by molar-refractivity contribution is 0.252. The smallest absolute Gasteiger partial charge is 0.319 e. The van der Waals surface area contributed by atoms with E-state index in [1.807, 2.05) is 63.2 Å². The van der Waals surface area contributed by atoms with Crippen LogP contribution in [0.4, 0.5) is 10.5 Å². The van der Waals surface area contributed by atoms with Crippen LogP contribution in [0.3, 0.4) is 0 Å². The molecule has 0 aliphatic carbocycles. The average molecular weight is 407 g/mol. The van der Waals surface area contributed by atoms with Crippen LogP contribution >= 0.6 is 0 Å². The fourth-order valence-electron chi connectivity index (χ4n) is 3.41. The van der Waals surface area contributed by atoms with Gasteiger partial charge in [0, 0.05) is 35.8 Å². The van der Waals surface area contributed by atoms with Gasteiger partial charge >= 0.3 is 6.03 Å². The minimum Gasteiger partial charge on any atom is -0.497 e. The van der Waals surface area contributed by atoms with E-state index in [1.165, 1.54) is 0 Å². The van der Waals surface area contributed by atoms with Gasteiger partial charge in [0.2, 0.25) is 0 Å². The summed E-state index contributed by atoms with van der Waals surface area (Å²) in [6.07, 6.45) is 0.926. The van der Waals surface area contributed by atoms with Crippen molar-refractivity contribution in [1.29, 1.82) is 5.26 Å². The maximum absolute atomic E-state index is 11.9. The third-order valence-corrected chi connectivity index (χ3v) is 4.56. The Morgan fingerprint density at radius 3 is 2.57 bits per heavy atom. The van der Waals surface area contributed by atoms with Crippen LogP contribution in [0.15, 0.2) is 42.5 Å². The van der Waals surface area contributed by atoms with Gasteiger partial charge in [-0.2, -0.15) is 5.26 Å². The van der Waals surface area contributed by atoms with Crippen LogP contribution in [0.2, 0.25) is 0 Å². The van der Waals surface area contributed by atoms with Crippen molar-refractivity contribution < 1.29 is 9.53 Å². The molecule has 3 rings (SSSR count). The summed E-state index contributed by atoms with van der Waals surface area (Å²) in [4.78, 5) is 11.9. The maximum Gasteiger partial charge on any atom is 0.319 e. The van der Waals surface area contributed by atoms with Crippen molar-refractivity contribution in [3.05, 3.63) is 48.0 Å². The quantitative estimate of drug-likeness (QED) is 0.546. The van der Waals surface area contributed by atoms with Gasteiger partial charge in [-0.3, -0.25) is 0 Å². The first-order chi connectivity index (χ1) is 14.6. The zero-order valence-electron chi connectivity index (χ0n) is 18.4. The number of aryl methyl sites for hydroxylation is 1. The summed E-state index contributed by atoms with van der Waals surface area (Å²) in [6, 6.07) is 15.5. The number of rotatable bonds is 6. The van der Waals surface area contributed by atoms with Crippen LogP contribution < -0.4 is 15.4 Å².